The van der Waals surface area contributed by atoms with Gasteiger partial charge in [-0.2, -0.15) is 17.9 Å². The van der Waals surface area contributed by atoms with Gasteiger partial charge in [-0.05, 0) is 79.4 Å². The number of hydrogen-bond acceptors (Lipinski definition) is 10. The number of rotatable bonds is 11. The number of piperidine rings is 3. The summed E-state index contributed by atoms with van der Waals surface area (Å²) < 4.78 is 55.2. The van der Waals surface area contributed by atoms with E-state index in [9.17, 15) is 33.1 Å². The minimum atomic E-state index is -5.08. The zero-order valence-electron chi connectivity index (χ0n) is 30.6. The van der Waals surface area contributed by atoms with Gasteiger partial charge in [0, 0.05) is 24.6 Å². The lowest BCUT2D eigenvalue weighted by Crippen LogP contribution is -2.53. The number of anilines is 1. The number of hydrogen-bond donors (Lipinski definition) is 2. The number of phenols is 1. The lowest BCUT2D eigenvalue weighted by Gasteiger charge is -2.44. The van der Waals surface area contributed by atoms with E-state index in [1.165, 1.54) is 43.6 Å². The Morgan fingerprint density at radius 2 is 1.60 bits per heavy atom. The van der Waals surface area contributed by atoms with Crippen LogP contribution in [0.5, 0.6) is 17.2 Å². The maximum Gasteiger partial charge on any atom is 0.490 e. The number of aromatic hydroxyl groups is 1. The van der Waals surface area contributed by atoms with E-state index in [1.54, 1.807) is 54.6 Å². The third-order valence-corrected chi connectivity index (χ3v) is 10.1. The van der Waals surface area contributed by atoms with Crippen LogP contribution in [0.2, 0.25) is 10.0 Å². The Labute approximate surface area is 335 Å². The minimum absolute atomic E-state index is 0.0237. The zero-order chi connectivity index (χ0) is 41.4. The fraction of sp³-hybridized carbons (Fsp3) is 0.333. The number of methoxy groups -OCH3 is 2. The molecule has 2 atom stereocenters. The van der Waals surface area contributed by atoms with Gasteiger partial charge in [-0.25, -0.2) is 14.4 Å². The first-order valence-electron chi connectivity index (χ1n) is 17.4. The van der Waals surface area contributed by atoms with Crippen molar-refractivity contribution in [3.8, 4) is 17.2 Å². The fourth-order valence-corrected chi connectivity index (χ4v) is 7.08. The second kappa shape index (κ2) is 18.7. The number of amides is 1. The van der Waals surface area contributed by atoms with Gasteiger partial charge in [0.25, 0.3) is 0 Å². The number of halogens is 5. The molecule has 1 aromatic heterocycles. The van der Waals surface area contributed by atoms with E-state index in [4.69, 9.17) is 52.1 Å². The van der Waals surface area contributed by atoms with Crippen LogP contribution in [0.3, 0.4) is 0 Å². The molecule has 7 rings (SSSR count). The van der Waals surface area contributed by atoms with Crippen LogP contribution in [-0.2, 0) is 27.2 Å². The van der Waals surface area contributed by atoms with E-state index in [2.05, 4.69) is 4.90 Å². The molecule has 0 aliphatic carbocycles. The van der Waals surface area contributed by atoms with E-state index in [-0.39, 0.29) is 40.4 Å². The highest BCUT2D eigenvalue weighted by atomic mass is 35.5. The molecule has 304 valence electrons. The Kier molecular flexibility index (Phi) is 14.0. The molecular weight excluding hydrogens is 798 g/mol. The number of alkyl halides is 3. The topological polar surface area (TPSA) is 162 Å². The molecule has 1 unspecified atom stereocenters. The molecule has 3 aromatic carbocycles. The molecule has 4 heterocycles. The summed E-state index contributed by atoms with van der Waals surface area (Å²) in [6.07, 6.45) is -2.22. The number of benzene rings is 3. The highest BCUT2D eigenvalue weighted by molar-refractivity contribution is 6.35. The van der Waals surface area contributed by atoms with Crippen LogP contribution in [0.25, 0.3) is 0 Å². The van der Waals surface area contributed by atoms with Gasteiger partial charge in [0.2, 0.25) is 0 Å². The molecular formula is C39H38Cl2F3N3O10. The van der Waals surface area contributed by atoms with Crippen LogP contribution in [0.1, 0.15) is 46.0 Å². The number of pyridine rings is 1. The summed E-state index contributed by atoms with van der Waals surface area (Å²) in [4.78, 5) is 39.9. The van der Waals surface area contributed by atoms with E-state index >= 15 is 0 Å². The summed E-state index contributed by atoms with van der Waals surface area (Å²) in [7, 11) is 3.02. The molecule has 0 saturated carbocycles. The number of fused-ring (bicyclic) bond motifs is 3. The smallest absolute Gasteiger partial charge is 0.490 e. The van der Waals surface area contributed by atoms with Crippen molar-refractivity contribution in [2.75, 3.05) is 38.8 Å². The maximum atomic E-state index is 13.6. The van der Waals surface area contributed by atoms with Crippen molar-refractivity contribution in [3.63, 3.8) is 0 Å². The number of aliphatic carboxylic acids is 1. The van der Waals surface area contributed by atoms with Crippen LogP contribution >= 0.6 is 23.2 Å². The van der Waals surface area contributed by atoms with Crippen molar-refractivity contribution >= 4 is 46.9 Å². The van der Waals surface area contributed by atoms with E-state index in [1.807, 2.05) is 0 Å². The van der Waals surface area contributed by atoms with Crippen molar-refractivity contribution in [2.24, 2.45) is 5.92 Å². The van der Waals surface area contributed by atoms with Crippen molar-refractivity contribution in [1.82, 2.24) is 4.90 Å². The predicted molar refractivity (Wildman–Crippen MR) is 201 cm³/mol. The monoisotopic (exact) mass is 835 g/mol. The number of carbonyl (C=O) groups excluding carboxylic acids is 2. The van der Waals surface area contributed by atoms with Gasteiger partial charge in [0.15, 0.2) is 23.9 Å². The molecule has 2 N–H and O–H groups in total. The second-order valence-corrected chi connectivity index (χ2v) is 14.0. The molecule has 3 aliphatic rings. The Bertz CT molecular complexity index is 2040. The van der Waals surface area contributed by atoms with E-state index in [0.29, 0.717) is 45.5 Å². The number of carboxylic acids is 1. The average Bonchev–Trinajstić information content (AvgIpc) is 3.18. The number of phenolic OH excluding ortho intramolecular Hbond substituents is 1. The minimum Gasteiger partial charge on any atom is -0.619 e. The van der Waals surface area contributed by atoms with Crippen molar-refractivity contribution < 1.29 is 61.4 Å². The summed E-state index contributed by atoms with van der Waals surface area (Å²) in [5.41, 5.74) is 2.49. The van der Waals surface area contributed by atoms with Gasteiger partial charge < -0.3 is 34.4 Å². The highest BCUT2D eigenvalue weighted by Gasteiger charge is 2.39. The van der Waals surface area contributed by atoms with Gasteiger partial charge in [0.05, 0.1) is 32.0 Å². The molecule has 3 saturated heterocycles. The predicted octanol–water partition coefficient (Wildman–Crippen LogP) is 7.36. The number of esters is 1. The fourth-order valence-electron chi connectivity index (χ4n) is 6.48. The highest BCUT2D eigenvalue weighted by Crippen LogP contribution is 2.36. The van der Waals surface area contributed by atoms with Gasteiger partial charge in [-0.15, -0.1) is 0 Å². The molecule has 1 amide bonds. The Hall–Kier alpha value is -5.45. The van der Waals surface area contributed by atoms with Crippen molar-refractivity contribution in [2.45, 2.75) is 44.2 Å². The second-order valence-electron chi connectivity index (χ2n) is 13.2. The van der Waals surface area contributed by atoms with Crippen LogP contribution in [-0.4, -0.2) is 79.3 Å². The van der Waals surface area contributed by atoms with Crippen molar-refractivity contribution in [3.05, 3.63) is 117 Å². The molecule has 18 heteroatoms. The van der Waals surface area contributed by atoms with Crippen LogP contribution in [0.15, 0.2) is 79.1 Å². The van der Waals surface area contributed by atoms with Crippen LogP contribution in [0.4, 0.5) is 23.7 Å². The summed E-state index contributed by atoms with van der Waals surface area (Å²) in [5, 5.41) is 29.4. The Morgan fingerprint density at radius 3 is 2.14 bits per heavy atom. The maximum absolute atomic E-state index is 13.6. The third kappa shape index (κ3) is 11.1. The van der Waals surface area contributed by atoms with Crippen LogP contribution < -0.4 is 19.1 Å². The zero-order valence-corrected chi connectivity index (χ0v) is 32.1. The van der Waals surface area contributed by atoms with Gasteiger partial charge in [-0.3, -0.25) is 9.80 Å². The summed E-state index contributed by atoms with van der Waals surface area (Å²) in [5.74, 6) is -2.10. The first-order valence-corrected chi connectivity index (χ1v) is 18.2. The number of ether oxygens (including phenoxy) is 4. The number of carbonyl (C=O) groups is 3. The molecule has 0 spiro atoms. The molecule has 3 fully saturated rings. The first-order chi connectivity index (χ1) is 27.1. The van der Waals surface area contributed by atoms with Gasteiger partial charge >= 0.3 is 24.2 Å². The number of aromatic nitrogens is 1. The lowest BCUT2D eigenvalue weighted by atomic mass is 9.86. The standard InChI is InChI=1S/C37H37Cl2N3O8.C2HF3O2/c1-47-32-11-10-26(16-34(32)48-2)33(18-29-30(38)20-41(46)21-31(29)39)49-36(44)25-8-6-23(7-9-25)19-42(27-4-3-5-28(43)17-27)37(45)50-35-22-40-14-12-24(35)13-15-40;3-2(4,5)1(6)7/h3-11,16-17,20-21,24,33,35,43H,12-15,18-19,22H2,1-2H3;(H,6,7)/t33?,35-;/m0./s1. The quantitative estimate of drug-likeness (QED) is 0.0882. The number of nitrogens with zero attached hydrogens (tertiary/aromatic N) is 3. The van der Waals surface area contributed by atoms with E-state index in [0.717, 1.165) is 31.5 Å². The summed E-state index contributed by atoms with van der Waals surface area (Å²) in [6.45, 7) is 2.90. The summed E-state index contributed by atoms with van der Waals surface area (Å²) >= 11 is 12.8. The first kappa shape index (κ1) is 42.7. The molecule has 13 nitrogen and oxygen atoms in total. The largest absolute Gasteiger partial charge is 0.619 e. The Morgan fingerprint density at radius 1 is 0.965 bits per heavy atom. The molecule has 57 heavy (non-hydrogen) atoms. The molecule has 4 aromatic rings. The normalized spacial score (nSPS) is 17.7. The molecule has 2 bridgehead atoms. The third-order valence-electron chi connectivity index (χ3n) is 9.46. The van der Waals surface area contributed by atoms with Crippen LogP contribution in [0, 0.1) is 11.1 Å². The van der Waals surface area contributed by atoms with E-state index < -0.39 is 30.3 Å². The Balaban J connectivity index is 0.000000811. The average molecular weight is 837 g/mol. The summed E-state index contributed by atoms with van der Waals surface area (Å²) in [6, 6.07) is 18.3. The lowest BCUT2D eigenvalue weighted by molar-refractivity contribution is -0.605. The number of carboxylic acid groups (broad SMARTS) is 1. The SMILES string of the molecule is COc1ccc(C(Cc2c(Cl)c[n+]([O-])cc2Cl)OC(=O)c2ccc(CN(C(=O)O[C@H]3CN4CCC3CC4)c3cccc(O)c3)cc2)cc1OC.O=C(O)C(F)(F)F. The van der Waals surface area contributed by atoms with Gasteiger partial charge in [-0.1, -0.05) is 47.5 Å². The molecule has 0 radical (unpaired) electrons. The van der Waals surface area contributed by atoms with Crippen molar-refractivity contribution in [1.29, 1.82) is 0 Å². The molecule has 3 aliphatic heterocycles. The van der Waals surface area contributed by atoms with Gasteiger partial charge in [0.1, 0.15) is 28.0 Å².